The number of pyridine rings is 7. The van der Waals surface area contributed by atoms with Crippen LogP contribution in [-0.4, -0.2) is 195 Å². The summed E-state index contributed by atoms with van der Waals surface area (Å²) in [6, 6.07) is 40.3. The summed E-state index contributed by atoms with van der Waals surface area (Å²) in [5.41, 5.74) is 5.60. The molecule has 3 fully saturated rings. The largest absolute Gasteiger partial charge is 0.469 e. The van der Waals surface area contributed by atoms with E-state index in [4.69, 9.17) is 84.4 Å². The number of halogens is 12. The molecule has 6 atom stereocenters. The number of carbonyl (C=O) groups is 6. The molecule has 0 saturated carbocycles. The number of ketones is 1. The molecule has 18 rings (SSSR count). The highest BCUT2D eigenvalue weighted by molar-refractivity contribution is 6.34. The van der Waals surface area contributed by atoms with Gasteiger partial charge in [-0.15, -0.1) is 0 Å². The second-order valence-electron chi connectivity index (χ2n) is 35.0. The third-order valence-electron chi connectivity index (χ3n) is 23.7. The average molecular weight is 2120 g/mol. The lowest BCUT2D eigenvalue weighted by atomic mass is 9.96. The van der Waals surface area contributed by atoms with Crippen LogP contribution < -0.4 is 56.8 Å². The van der Waals surface area contributed by atoms with Crippen molar-refractivity contribution in [3.05, 3.63) is 237 Å². The van der Waals surface area contributed by atoms with E-state index in [-0.39, 0.29) is 88.9 Å². The molecule has 766 valence electrons. The number of nitro groups is 2. The number of aryl methyl sites for hydroxylation is 1. The molecular formula is C97H104Cl6F6N20O15. The zero-order valence-electron chi connectivity index (χ0n) is 78.8. The number of alkyl carbamates (subject to hydrolysis) is 1. The number of esters is 3. The molecule has 8 aliphatic rings. The van der Waals surface area contributed by atoms with Crippen molar-refractivity contribution in [2.75, 3.05) is 119 Å². The summed E-state index contributed by atoms with van der Waals surface area (Å²) in [5.74, 6) is 2.01. The van der Waals surface area contributed by atoms with Crippen LogP contribution in [-0.2, 0) is 69.9 Å². The van der Waals surface area contributed by atoms with Crippen LogP contribution in [0, 0.1) is 20.2 Å². The number of urea groups is 1. The van der Waals surface area contributed by atoms with Gasteiger partial charge in [-0.05, 0) is 206 Å². The van der Waals surface area contributed by atoms with Crippen LogP contribution in [0.2, 0.25) is 30.9 Å². The van der Waals surface area contributed by atoms with E-state index in [0.29, 0.717) is 92.8 Å². The van der Waals surface area contributed by atoms with Crippen LogP contribution >= 0.6 is 69.6 Å². The minimum absolute atomic E-state index is 0.0182. The minimum Gasteiger partial charge on any atom is -0.469 e. The Kier molecular flexibility index (Phi) is 38.3. The number of anilines is 10. The summed E-state index contributed by atoms with van der Waals surface area (Å²) in [6.07, 6.45) is 1.97. The van der Waals surface area contributed by atoms with Gasteiger partial charge in [0, 0.05) is 124 Å². The van der Waals surface area contributed by atoms with E-state index in [0.717, 1.165) is 161 Å². The molecule has 15 heterocycles. The molecule has 0 spiro atoms. The van der Waals surface area contributed by atoms with Crippen molar-refractivity contribution >= 4 is 174 Å². The van der Waals surface area contributed by atoms with Crippen molar-refractivity contribution < 1.29 is 89.0 Å². The SMILES string of the molecule is CC(C)(C)OC(=O)NCc1ccc(NC(=O)N2c3nc(-c4cccc(C(F)(F)F)c4)ccc3N3CCC[C@H]2C3)cc1.COC(=O)CC[C@@H]1Nc2nc(Cl)ccc2CC1=O.COC(=O)CC[C@H](Nc1nc(Cl)ccc1[N+](=O)[O-])C(=O)OC.Clc1ccc2c(n1)N[C@H]1CCCN2C1.FC(F)(F)c1cccc(-c2ccc3c(n2)N[C@H]2CCCN3C2)c1.O=[N+]([O-])c1ccc(Cl)nc1Cl.OCCC[C@H]1CCc2ccc(Cl)nc2N1. The van der Waals surface area contributed by atoms with Crippen LogP contribution in [0.1, 0.15) is 132 Å². The first-order valence-electron chi connectivity index (χ1n) is 45.8. The number of piperidine rings is 3. The van der Waals surface area contributed by atoms with Gasteiger partial charge in [-0.2, -0.15) is 26.3 Å². The number of aliphatic hydroxyl groups is 1. The topological polar surface area (TPSA) is 433 Å². The number of aromatic nitrogens is 7. The maximum absolute atomic E-state index is 13.6. The molecule has 3 amide bonds. The average Bonchev–Trinajstić information content (AvgIpc) is 0.756. The summed E-state index contributed by atoms with van der Waals surface area (Å²) in [7, 11) is 3.70. The number of benzene rings is 3. The van der Waals surface area contributed by atoms with Crippen LogP contribution in [0.25, 0.3) is 22.5 Å². The molecule has 10 aromatic rings. The number of hydrogen-bond donors (Lipinski definition) is 8. The Bertz CT molecular complexity index is 6250. The van der Waals surface area contributed by atoms with Gasteiger partial charge in [0.1, 0.15) is 49.0 Å². The summed E-state index contributed by atoms with van der Waals surface area (Å²) in [4.78, 5) is 129. The fraction of sp³-hybridized carbons (Fsp3) is 0.392. The van der Waals surface area contributed by atoms with E-state index in [1.54, 1.807) is 86.3 Å². The molecule has 47 heteroatoms. The van der Waals surface area contributed by atoms with E-state index in [1.165, 1.54) is 68.6 Å². The van der Waals surface area contributed by atoms with Gasteiger partial charge in [0.2, 0.25) is 11.0 Å². The van der Waals surface area contributed by atoms with Gasteiger partial charge >= 0.3 is 53.8 Å². The quantitative estimate of drug-likeness (QED) is 0.00930. The Morgan fingerprint density at radius 3 is 1.63 bits per heavy atom. The van der Waals surface area contributed by atoms with E-state index in [9.17, 15) is 75.3 Å². The molecule has 7 aromatic heterocycles. The first kappa shape index (κ1) is 110. The number of carbonyl (C=O) groups excluding carboxylic acids is 6. The van der Waals surface area contributed by atoms with Gasteiger partial charge in [0.25, 0.3) is 0 Å². The van der Waals surface area contributed by atoms with Gasteiger partial charge in [0.05, 0.1) is 82.8 Å². The predicted octanol–water partition coefficient (Wildman–Crippen LogP) is 20.8. The summed E-state index contributed by atoms with van der Waals surface area (Å²) < 4.78 is 97.5. The fourth-order valence-electron chi connectivity index (χ4n) is 16.7. The minimum atomic E-state index is -4.47. The van der Waals surface area contributed by atoms with Crippen molar-refractivity contribution in [2.24, 2.45) is 0 Å². The third-order valence-corrected chi connectivity index (χ3v) is 25.0. The molecule has 35 nitrogen and oxygen atoms in total. The monoisotopic (exact) mass is 2110 g/mol. The molecular weight excluding hydrogens is 2010 g/mol. The molecule has 6 bridgehead atoms. The summed E-state index contributed by atoms with van der Waals surface area (Å²) >= 11 is 34.0. The first-order chi connectivity index (χ1) is 68.6. The Morgan fingerprint density at radius 2 is 1.06 bits per heavy atom. The molecule has 0 unspecified atom stereocenters. The summed E-state index contributed by atoms with van der Waals surface area (Å²) in [6.45, 7) is 11.6. The lowest BCUT2D eigenvalue weighted by Gasteiger charge is -2.45. The lowest BCUT2D eigenvalue weighted by Crippen LogP contribution is -2.56. The van der Waals surface area contributed by atoms with Crippen LogP contribution in [0.3, 0.4) is 0 Å². The molecule has 144 heavy (non-hydrogen) atoms. The molecule has 8 N–H and O–H groups in total. The number of aliphatic hydroxyl groups excluding tert-OH is 1. The number of rotatable bonds is 19. The van der Waals surface area contributed by atoms with Gasteiger partial charge in [-0.25, -0.2) is 49.3 Å². The highest BCUT2D eigenvalue weighted by Crippen LogP contribution is 2.44. The smallest absolute Gasteiger partial charge is 0.416 e. The Morgan fingerprint density at radius 1 is 0.549 bits per heavy atom. The Labute approximate surface area is 854 Å². The van der Waals surface area contributed by atoms with Gasteiger partial charge in [-0.3, -0.25) is 39.5 Å². The number of methoxy groups -OCH3 is 3. The highest BCUT2D eigenvalue weighted by Gasteiger charge is 2.41. The molecule has 3 saturated heterocycles. The molecule has 0 radical (unpaired) electrons. The van der Waals surface area contributed by atoms with Crippen molar-refractivity contribution in [3.8, 4) is 22.5 Å². The number of amides is 3. The van der Waals surface area contributed by atoms with Crippen molar-refractivity contribution in [3.63, 3.8) is 0 Å². The third kappa shape index (κ3) is 30.9. The number of Topliss-reactive ketones (excluding diaryl/α,β-unsaturated/α-hetero) is 1. The maximum Gasteiger partial charge on any atom is 0.416 e. The first-order valence-corrected chi connectivity index (χ1v) is 48.1. The lowest BCUT2D eigenvalue weighted by molar-refractivity contribution is -0.385. The van der Waals surface area contributed by atoms with E-state index < -0.39 is 69.0 Å². The Balaban J connectivity index is 0.000000157. The number of ether oxygens (including phenoxy) is 4. The van der Waals surface area contributed by atoms with Crippen LogP contribution in [0.15, 0.2) is 158 Å². The molecule has 3 aromatic carbocycles. The maximum atomic E-state index is 13.6. The van der Waals surface area contributed by atoms with Gasteiger partial charge in [-0.1, -0.05) is 118 Å². The number of alkyl halides is 6. The van der Waals surface area contributed by atoms with Crippen LogP contribution in [0.4, 0.5) is 105 Å². The number of hydrogen-bond acceptors (Lipinski definition) is 30. The normalized spacial score (nSPS) is 17.0. The zero-order chi connectivity index (χ0) is 104. The Hall–Kier alpha value is -13.2. The van der Waals surface area contributed by atoms with Crippen molar-refractivity contribution in [1.82, 2.24) is 40.2 Å². The number of nitrogens with one attached hydrogen (secondary N) is 7. The van der Waals surface area contributed by atoms with E-state index in [2.05, 4.69) is 102 Å². The second kappa shape index (κ2) is 50.4. The van der Waals surface area contributed by atoms with Gasteiger partial charge in [0.15, 0.2) is 23.2 Å². The molecule has 8 aliphatic heterocycles. The van der Waals surface area contributed by atoms with Gasteiger partial charge < -0.3 is 76.0 Å². The standard InChI is InChI=1S/C30H32F3N5O3.C17H16F3N3.C12H14ClN3O6.C12H13ClN2O3.C11H15ClN2O.C10H12ClN3.C5H2Cl2N2O2/c1-29(2,3)41-28(40)34-17-19-9-11-22(12-10-19)35-27(39)38-23-8-5-15-37(18-23)25-14-13-24(36-26(25)38)20-6-4-7-21(16-20)30(31,32)33;18-17(19,20)12-4-1-3-11(9-12)14-6-7-15-16(22-14)21-13-5-2-8-23(15)10-13;1-21-10(17)6-3-7(12(18)22-2)14-11-8(16(19)20)4-5-9(13)15-11;1-18-11(17)5-3-8-9(16)6-7-2-4-10(13)15-12(7)14-8;12-10-6-4-8-3-5-9(2-1-7-15)13-11(8)14-10;11-9-4-3-8-10(13-9)12-7-2-1-5-14(8)6-7;6-4-2-1-3(9(10)11)5(7)8-4/h4,6-7,9-14,16,23H,5,8,15,17-18H2,1-3H3,(H,34,40)(H,35,39);1,3-4,6-7,9,13H,2,5,8,10H2,(H,21,22);4-5,7H,3,6H2,1-2H3,(H,14,15);2,4,8H,3,5-6H2,1H3,(H,14,15);4,6,9,15H,1-3,5,7H2,(H,13,14);3-4,7H,1-2,5-6H2,(H,12,13);1-2H/t23-;13-;7-;8-;9-;7-;/m000000./s1. The number of fused-ring (bicyclic) bond motifs is 14. The highest BCUT2D eigenvalue weighted by atomic mass is 35.5. The second-order valence-corrected chi connectivity index (χ2v) is 37.3. The van der Waals surface area contributed by atoms with E-state index in [1.807, 2.05) is 30.3 Å². The van der Waals surface area contributed by atoms with E-state index >= 15 is 0 Å². The zero-order valence-corrected chi connectivity index (χ0v) is 83.3. The van der Waals surface area contributed by atoms with Crippen molar-refractivity contribution in [1.29, 1.82) is 0 Å². The predicted molar refractivity (Wildman–Crippen MR) is 538 cm³/mol. The molecule has 0 aliphatic carbocycles. The fourth-order valence-corrected chi connectivity index (χ4v) is 17.7. The number of nitrogens with zero attached hydrogens (tertiary/aromatic N) is 13. The van der Waals surface area contributed by atoms with Crippen LogP contribution in [0.5, 0.6) is 0 Å². The summed E-state index contributed by atoms with van der Waals surface area (Å²) in [5, 5.41) is 52.8. The van der Waals surface area contributed by atoms with Crippen molar-refractivity contribution in [2.45, 2.75) is 178 Å².